The highest BCUT2D eigenvalue weighted by Gasteiger charge is 2.26. The molecule has 23 heavy (non-hydrogen) atoms. The van der Waals surface area contributed by atoms with Gasteiger partial charge in [0.25, 0.3) is 0 Å². The van der Waals surface area contributed by atoms with Crippen molar-refractivity contribution in [1.29, 1.82) is 0 Å². The molecule has 1 aliphatic rings. The Kier molecular flexibility index (Phi) is 7.26. The van der Waals surface area contributed by atoms with Crippen molar-refractivity contribution >= 4 is 11.8 Å². The van der Waals surface area contributed by atoms with Crippen molar-refractivity contribution in [3.63, 3.8) is 0 Å². The quantitative estimate of drug-likeness (QED) is 0.540. The van der Waals surface area contributed by atoms with Gasteiger partial charge >= 0.3 is 5.97 Å². The number of anilines is 1. The first-order valence-electron chi connectivity index (χ1n) is 8.46. The molecule has 1 aromatic rings. The Labute approximate surface area is 138 Å². The Morgan fingerprint density at radius 2 is 2.09 bits per heavy atom. The first-order valence-corrected chi connectivity index (χ1v) is 8.46. The van der Waals surface area contributed by atoms with Crippen LogP contribution in [0.4, 0.5) is 5.82 Å². The number of carbonyl (C=O) groups excluding carboxylic acids is 1. The largest absolute Gasteiger partial charge is 0.466 e. The van der Waals surface area contributed by atoms with E-state index in [-0.39, 0.29) is 11.9 Å². The van der Waals surface area contributed by atoms with Crippen molar-refractivity contribution in [3.05, 3.63) is 18.1 Å². The van der Waals surface area contributed by atoms with E-state index in [1.807, 2.05) is 19.3 Å². The first-order chi connectivity index (χ1) is 11.2. The zero-order valence-corrected chi connectivity index (χ0v) is 14.2. The van der Waals surface area contributed by atoms with E-state index >= 15 is 0 Å². The summed E-state index contributed by atoms with van der Waals surface area (Å²) in [6.07, 6.45) is 8.29. The van der Waals surface area contributed by atoms with E-state index in [1.165, 1.54) is 0 Å². The SMILES string of the molecule is CCOC(=O)C1CCN(c2cncc(CCCCOC)n2)CC1. The smallest absolute Gasteiger partial charge is 0.309 e. The molecule has 0 N–H and O–H groups in total. The molecule has 1 saturated heterocycles. The van der Waals surface area contributed by atoms with Crippen molar-refractivity contribution in [3.8, 4) is 0 Å². The molecule has 0 unspecified atom stereocenters. The Bertz CT molecular complexity index is 488. The number of esters is 1. The fraction of sp³-hybridized carbons (Fsp3) is 0.706. The van der Waals surface area contributed by atoms with Gasteiger partial charge in [-0.2, -0.15) is 0 Å². The van der Waals surface area contributed by atoms with Gasteiger partial charge in [-0.15, -0.1) is 0 Å². The molecule has 0 radical (unpaired) electrons. The van der Waals surface area contributed by atoms with Gasteiger partial charge in [-0.05, 0) is 39.0 Å². The van der Waals surface area contributed by atoms with E-state index in [2.05, 4.69) is 9.88 Å². The van der Waals surface area contributed by atoms with Crippen molar-refractivity contribution in [1.82, 2.24) is 9.97 Å². The molecule has 1 aromatic heterocycles. The van der Waals surface area contributed by atoms with E-state index in [9.17, 15) is 4.79 Å². The second-order valence-corrected chi connectivity index (χ2v) is 5.83. The van der Waals surface area contributed by atoms with Crippen LogP contribution in [0.5, 0.6) is 0 Å². The van der Waals surface area contributed by atoms with Crippen molar-refractivity contribution in [2.75, 3.05) is 38.3 Å². The summed E-state index contributed by atoms with van der Waals surface area (Å²) in [6.45, 7) is 4.74. The second-order valence-electron chi connectivity index (χ2n) is 5.83. The Morgan fingerprint density at radius 1 is 1.30 bits per heavy atom. The van der Waals surface area contributed by atoms with Crippen LogP contribution in [0.3, 0.4) is 0 Å². The maximum atomic E-state index is 11.8. The number of aryl methyl sites for hydroxylation is 1. The lowest BCUT2D eigenvalue weighted by Gasteiger charge is -2.31. The minimum absolute atomic E-state index is 0.0244. The maximum Gasteiger partial charge on any atom is 0.309 e. The Hall–Kier alpha value is -1.69. The van der Waals surface area contributed by atoms with Gasteiger partial charge in [-0.25, -0.2) is 4.98 Å². The van der Waals surface area contributed by atoms with Gasteiger partial charge in [0.05, 0.1) is 24.4 Å². The van der Waals surface area contributed by atoms with E-state index in [0.29, 0.717) is 6.61 Å². The standard InChI is InChI=1S/C17H27N3O3/c1-3-23-17(21)14-7-9-20(10-8-14)16-13-18-12-15(19-16)6-4-5-11-22-2/h12-14H,3-11H2,1-2H3. The van der Waals surface area contributed by atoms with E-state index in [1.54, 1.807) is 7.11 Å². The van der Waals surface area contributed by atoms with Crippen LogP contribution in [0.2, 0.25) is 0 Å². The van der Waals surface area contributed by atoms with Crippen LogP contribution in [-0.4, -0.2) is 49.4 Å². The van der Waals surface area contributed by atoms with Gasteiger partial charge in [0.15, 0.2) is 0 Å². The monoisotopic (exact) mass is 321 g/mol. The van der Waals surface area contributed by atoms with E-state index < -0.39 is 0 Å². The normalized spacial score (nSPS) is 15.7. The predicted molar refractivity (Wildman–Crippen MR) is 88.4 cm³/mol. The van der Waals surface area contributed by atoms with Gasteiger partial charge in [0.2, 0.25) is 0 Å². The van der Waals surface area contributed by atoms with Crippen LogP contribution in [0.15, 0.2) is 12.4 Å². The number of rotatable bonds is 8. The highest BCUT2D eigenvalue weighted by Crippen LogP contribution is 2.22. The summed E-state index contributed by atoms with van der Waals surface area (Å²) in [4.78, 5) is 23.0. The van der Waals surface area contributed by atoms with Crippen molar-refractivity contribution in [2.24, 2.45) is 5.92 Å². The molecule has 2 heterocycles. The van der Waals surface area contributed by atoms with Crippen molar-refractivity contribution in [2.45, 2.75) is 39.0 Å². The van der Waals surface area contributed by atoms with Crippen LogP contribution in [0.1, 0.15) is 38.3 Å². The topological polar surface area (TPSA) is 64.5 Å². The summed E-state index contributed by atoms with van der Waals surface area (Å²) in [5, 5.41) is 0. The molecule has 0 bridgehead atoms. The summed E-state index contributed by atoms with van der Waals surface area (Å²) >= 11 is 0. The zero-order valence-electron chi connectivity index (χ0n) is 14.2. The van der Waals surface area contributed by atoms with Crippen LogP contribution >= 0.6 is 0 Å². The Balaban J connectivity index is 1.84. The fourth-order valence-electron chi connectivity index (χ4n) is 2.82. The molecule has 2 rings (SSSR count). The minimum Gasteiger partial charge on any atom is -0.466 e. The van der Waals surface area contributed by atoms with Gasteiger partial charge in [-0.3, -0.25) is 9.78 Å². The number of carbonyl (C=O) groups is 1. The average Bonchev–Trinajstić information content (AvgIpc) is 2.59. The van der Waals surface area contributed by atoms with Crippen LogP contribution in [0, 0.1) is 5.92 Å². The molecule has 6 nitrogen and oxygen atoms in total. The lowest BCUT2D eigenvalue weighted by Crippen LogP contribution is -2.37. The zero-order chi connectivity index (χ0) is 16.5. The second kappa shape index (κ2) is 9.45. The van der Waals surface area contributed by atoms with E-state index in [0.717, 1.165) is 63.3 Å². The van der Waals surface area contributed by atoms with Crippen molar-refractivity contribution < 1.29 is 14.3 Å². The summed E-state index contributed by atoms with van der Waals surface area (Å²) in [5.74, 6) is 0.873. The molecule has 0 aliphatic carbocycles. The van der Waals surface area contributed by atoms with Gasteiger partial charge in [-0.1, -0.05) is 0 Å². The number of nitrogens with zero attached hydrogens (tertiary/aromatic N) is 3. The number of hydrogen-bond acceptors (Lipinski definition) is 6. The number of methoxy groups -OCH3 is 1. The molecule has 1 aliphatic heterocycles. The molecule has 0 amide bonds. The molecular formula is C17H27N3O3. The number of unbranched alkanes of at least 4 members (excludes halogenated alkanes) is 1. The molecule has 0 atom stereocenters. The highest BCUT2D eigenvalue weighted by molar-refractivity contribution is 5.72. The summed E-state index contributed by atoms with van der Waals surface area (Å²) < 4.78 is 10.2. The van der Waals surface area contributed by atoms with Crippen LogP contribution in [-0.2, 0) is 20.7 Å². The fourth-order valence-corrected chi connectivity index (χ4v) is 2.82. The minimum atomic E-state index is -0.0647. The molecule has 0 spiro atoms. The lowest BCUT2D eigenvalue weighted by atomic mass is 9.97. The predicted octanol–water partition coefficient (Wildman–Crippen LogP) is 2.23. The van der Waals surface area contributed by atoms with E-state index in [4.69, 9.17) is 14.5 Å². The lowest BCUT2D eigenvalue weighted by molar-refractivity contribution is -0.148. The molecule has 0 saturated carbocycles. The van der Waals surface area contributed by atoms with Crippen LogP contribution < -0.4 is 4.90 Å². The molecule has 6 heteroatoms. The summed E-state index contributed by atoms with van der Waals surface area (Å²) in [7, 11) is 1.72. The molecule has 0 aromatic carbocycles. The number of ether oxygens (including phenoxy) is 2. The third kappa shape index (κ3) is 5.46. The van der Waals surface area contributed by atoms with Gasteiger partial charge < -0.3 is 14.4 Å². The number of hydrogen-bond donors (Lipinski definition) is 0. The Morgan fingerprint density at radius 3 is 2.78 bits per heavy atom. The molecule has 128 valence electrons. The number of aromatic nitrogens is 2. The third-order valence-electron chi connectivity index (χ3n) is 4.14. The molecular weight excluding hydrogens is 294 g/mol. The maximum absolute atomic E-state index is 11.8. The summed E-state index contributed by atoms with van der Waals surface area (Å²) in [5.41, 5.74) is 1.02. The number of piperidine rings is 1. The summed E-state index contributed by atoms with van der Waals surface area (Å²) in [6, 6.07) is 0. The first kappa shape index (κ1) is 17.7. The average molecular weight is 321 g/mol. The van der Waals surface area contributed by atoms with Crippen LogP contribution in [0.25, 0.3) is 0 Å². The molecule has 1 fully saturated rings. The highest BCUT2D eigenvalue weighted by atomic mass is 16.5. The van der Waals surface area contributed by atoms with Gasteiger partial charge in [0.1, 0.15) is 5.82 Å². The van der Waals surface area contributed by atoms with Gasteiger partial charge in [0, 0.05) is 33.0 Å². The third-order valence-corrected chi connectivity index (χ3v) is 4.14.